The first-order chi connectivity index (χ1) is 22.0. The second-order valence-electron chi connectivity index (χ2n) is 14.3. The molecule has 3 unspecified atom stereocenters. The van der Waals surface area contributed by atoms with Gasteiger partial charge in [-0.05, 0) is 38.5 Å². The third-order valence-electron chi connectivity index (χ3n) is 8.51. The Hall–Kier alpha value is -0.760. The van der Waals surface area contributed by atoms with Gasteiger partial charge in [0.05, 0.1) is 39.9 Å². The molecular weight excluding hydrogens is 599 g/mol. The van der Waals surface area contributed by atoms with Crippen molar-refractivity contribution in [3.8, 4) is 0 Å². The van der Waals surface area contributed by atoms with E-state index in [0.29, 0.717) is 23.9 Å². The summed E-state index contributed by atoms with van der Waals surface area (Å²) < 4.78 is 23.2. The fourth-order valence-electron chi connectivity index (χ4n) is 5.39. The van der Waals surface area contributed by atoms with Crippen LogP contribution in [-0.4, -0.2) is 73.4 Å². The van der Waals surface area contributed by atoms with Crippen LogP contribution in [0.3, 0.4) is 0 Å². The van der Waals surface area contributed by atoms with Gasteiger partial charge in [0.25, 0.3) is 0 Å². The molecule has 8 nitrogen and oxygen atoms in total. The summed E-state index contributed by atoms with van der Waals surface area (Å²) in [5, 5.41) is 13.5. The van der Waals surface area contributed by atoms with Gasteiger partial charge in [0, 0.05) is 6.42 Å². The summed E-state index contributed by atoms with van der Waals surface area (Å²) in [4.78, 5) is 22.7. The molecule has 3 N–H and O–H groups in total. The van der Waals surface area contributed by atoms with Crippen LogP contribution in [0.2, 0.25) is 0 Å². The molecule has 0 aliphatic rings. The zero-order valence-corrected chi connectivity index (χ0v) is 31.7. The molecule has 9 heteroatoms. The lowest BCUT2D eigenvalue weighted by Gasteiger charge is -2.26. The molecule has 0 heterocycles. The minimum Gasteiger partial charge on any atom is -0.391 e. The van der Waals surface area contributed by atoms with Crippen molar-refractivity contribution < 1.29 is 32.9 Å². The van der Waals surface area contributed by atoms with Gasteiger partial charge in [0.15, 0.2) is 0 Å². The zero-order chi connectivity index (χ0) is 34.4. The highest BCUT2D eigenvalue weighted by atomic mass is 31.2. The molecule has 0 bridgehead atoms. The lowest BCUT2D eigenvalue weighted by Crippen LogP contribution is -2.46. The summed E-state index contributed by atoms with van der Waals surface area (Å²) in [7, 11) is 1.61. The van der Waals surface area contributed by atoms with E-state index >= 15 is 0 Å². The van der Waals surface area contributed by atoms with E-state index in [1.165, 1.54) is 103 Å². The Balaban J connectivity index is 4.00. The molecular formula is C37H76N2O6P+. The van der Waals surface area contributed by atoms with Crippen molar-refractivity contribution in [2.45, 2.75) is 180 Å². The van der Waals surface area contributed by atoms with Crippen LogP contribution in [0.4, 0.5) is 0 Å². The van der Waals surface area contributed by atoms with Crippen molar-refractivity contribution in [1.29, 1.82) is 0 Å². The maximum Gasteiger partial charge on any atom is 0.472 e. The number of nitrogens with one attached hydrogen (secondary N) is 1. The van der Waals surface area contributed by atoms with Gasteiger partial charge in [-0.1, -0.05) is 135 Å². The SMILES string of the molecule is CCCCCCCCCC/C=C\CCCCCCCCCCCC(=O)NC(COP(=O)(O)OCC[N+](C)(C)C)C(O)CCCCC. The Morgan fingerprint density at radius 1 is 0.717 bits per heavy atom. The Labute approximate surface area is 284 Å². The number of hydrogen-bond donors (Lipinski definition) is 3. The van der Waals surface area contributed by atoms with Crippen molar-refractivity contribution in [1.82, 2.24) is 5.32 Å². The predicted octanol–water partition coefficient (Wildman–Crippen LogP) is 9.63. The summed E-state index contributed by atoms with van der Waals surface area (Å²) in [6, 6.07) is -0.753. The Kier molecular flexibility index (Phi) is 29.8. The second-order valence-corrected chi connectivity index (χ2v) is 15.8. The lowest BCUT2D eigenvalue weighted by atomic mass is 10.0. The number of phosphoric acid groups is 1. The molecule has 0 aromatic heterocycles. The molecule has 0 fully saturated rings. The molecule has 1 amide bonds. The number of likely N-dealkylation sites (N-methyl/N-ethyl adjacent to an activating group) is 1. The van der Waals surface area contributed by atoms with Gasteiger partial charge in [-0.2, -0.15) is 0 Å². The summed E-state index contributed by atoms with van der Waals surface area (Å²) in [6.45, 7) is 4.71. The highest BCUT2D eigenvalue weighted by Crippen LogP contribution is 2.43. The summed E-state index contributed by atoms with van der Waals surface area (Å²) in [5.41, 5.74) is 0. The van der Waals surface area contributed by atoms with Crippen LogP contribution in [0.1, 0.15) is 168 Å². The zero-order valence-electron chi connectivity index (χ0n) is 30.8. The maximum absolute atomic E-state index is 12.6. The smallest absolute Gasteiger partial charge is 0.391 e. The van der Waals surface area contributed by atoms with E-state index < -0.39 is 20.0 Å². The fraction of sp³-hybridized carbons (Fsp3) is 0.919. The summed E-state index contributed by atoms with van der Waals surface area (Å²) in [6.07, 6.45) is 31.7. The number of rotatable bonds is 34. The second kappa shape index (κ2) is 30.3. The number of carbonyl (C=O) groups is 1. The van der Waals surface area contributed by atoms with E-state index in [2.05, 4.69) is 31.3 Å². The number of unbranched alkanes of at least 4 members (excludes halogenated alkanes) is 19. The Bertz CT molecular complexity index is 773. The number of aliphatic hydroxyl groups excluding tert-OH is 1. The summed E-state index contributed by atoms with van der Waals surface area (Å²) in [5.74, 6) is -0.159. The molecule has 0 spiro atoms. The molecule has 274 valence electrons. The number of hydrogen-bond acceptors (Lipinski definition) is 5. The van der Waals surface area contributed by atoms with Crippen LogP contribution in [0.15, 0.2) is 12.2 Å². The lowest BCUT2D eigenvalue weighted by molar-refractivity contribution is -0.870. The predicted molar refractivity (Wildman–Crippen MR) is 194 cm³/mol. The molecule has 0 saturated carbocycles. The van der Waals surface area contributed by atoms with Crippen molar-refractivity contribution >= 4 is 13.7 Å². The van der Waals surface area contributed by atoms with Gasteiger partial charge in [-0.15, -0.1) is 0 Å². The minimum absolute atomic E-state index is 0.0738. The van der Waals surface area contributed by atoms with E-state index in [1.807, 2.05) is 21.1 Å². The Morgan fingerprint density at radius 2 is 1.17 bits per heavy atom. The number of amides is 1. The van der Waals surface area contributed by atoms with Gasteiger partial charge < -0.3 is 19.8 Å². The van der Waals surface area contributed by atoms with Crippen molar-refractivity contribution in [3.63, 3.8) is 0 Å². The van der Waals surface area contributed by atoms with Crippen LogP contribution in [-0.2, 0) is 18.4 Å². The number of aliphatic hydroxyl groups is 1. The van der Waals surface area contributed by atoms with Gasteiger partial charge in [0.2, 0.25) is 5.91 Å². The first-order valence-corrected chi connectivity index (χ1v) is 20.5. The van der Waals surface area contributed by atoms with Crippen molar-refractivity contribution in [3.05, 3.63) is 12.2 Å². The van der Waals surface area contributed by atoms with E-state index in [4.69, 9.17) is 9.05 Å². The number of phosphoric ester groups is 1. The Morgan fingerprint density at radius 3 is 1.67 bits per heavy atom. The summed E-state index contributed by atoms with van der Waals surface area (Å²) >= 11 is 0. The average molecular weight is 676 g/mol. The average Bonchev–Trinajstić information content (AvgIpc) is 2.99. The van der Waals surface area contributed by atoms with Gasteiger partial charge in [-0.25, -0.2) is 4.57 Å². The molecule has 3 atom stereocenters. The van der Waals surface area contributed by atoms with Crippen LogP contribution in [0, 0.1) is 0 Å². The molecule has 0 saturated heterocycles. The van der Waals surface area contributed by atoms with Crippen molar-refractivity contribution in [2.24, 2.45) is 0 Å². The van der Waals surface area contributed by atoms with Crippen LogP contribution in [0.25, 0.3) is 0 Å². The first kappa shape index (κ1) is 45.2. The van der Waals surface area contributed by atoms with Crippen LogP contribution in [0.5, 0.6) is 0 Å². The standard InChI is InChI=1S/C37H75N2O6P/c1-6-8-10-11-12-13-14-15-16-17-18-19-20-21-22-23-24-25-26-27-29-31-37(41)38-35(36(40)30-28-9-7-2)34-45-46(42,43)44-33-32-39(3,4)5/h17-18,35-36,40H,6-16,19-34H2,1-5H3,(H-,38,41,42,43)/p+1/b18-17-. The van der Waals surface area contributed by atoms with E-state index in [0.717, 1.165) is 38.5 Å². The third kappa shape index (κ3) is 31.8. The molecule has 0 aromatic carbocycles. The number of nitrogens with zero attached hydrogens (tertiary/aromatic N) is 1. The van der Waals surface area contributed by atoms with E-state index in [9.17, 15) is 19.4 Å². The van der Waals surface area contributed by atoms with E-state index in [-0.39, 0.29) is 19.1 Å². The molecule has 0 aromatic rings. The molecule has 0 radical (unpaired) electrons. The first-order valence-electron chi connectivity index (χ1n) is 19.1. The monoisotopic (exact) mass is 676 g/mol. The van der Waals surface area contributed by atoms with Gasteiger partial charge in [0.1, 0.15) is 13.2 Å². The molecule has 46 heavy (non-hydrogen) atoms. The third-order valence-corrected chi connectivity index (χ3v) is 9.50. The number of quaternary nitrogens is 1. The van der Waals surface area contributed by atoms with Crippen LogP contribution >= 0.6 is 7.82 Å². The van der Waals surface area contributed by atoms with Gasteiger partial charge >= 0.3 is 7.82 Å². The minimum atomic E-state index is -4.28. The largest absolute Gasteiger partial charge is 0.472 e. The highest BCUT2D eigenvalue weighted by molar-refractivity contribution is 7.47. The fourth-order valence-corrected chi connectivity index (χ4v) is 6.13. The number of carbonyl (C=O) groups excluding carboxylic acids is 1. The number of allylic oxidation sites excluding steroid dienone is 2. The van der Waals surface area contributed by atoms with Gasteiger partial charge in [-0.3, -0.25) is 13.8 Å². The maximum atomic E-state index is 12.6. The van der Waals surface area contributed by atoms with Crippen LogP contribution < -0.4 is 5.32 Å². The van der Waals surface area contributed by atoms with Crippen molar-refractivity contribution in [2.75, 3.05) is 40.9 Å². The normalized spacial score (nSPS) is 14.8. The quantitative estimate of drug-likeness (QED) is 0.0272. The molecule has 0 rings (SSSR count). The molecule has 0 aliphatic heterocycles. The highest BCUT2D eigenvalue weighted by Gasteiger charge is 2.28. The molecule has 0 aliphatic carbocycles. The topological polar surface area (TPSA) is 105 Å². The van der Waals surface area contributed by atoms with E-state index in [1.54, 1.807) is 0 Å².